The monoisotopic (exact) mass is 387 g/mol. The van der Waals surface area contributed by atoms with Crippen LogP contribution in [-0.2, 0) is 11.0 Å². The van der Waals surface area contributed by atoms with E-state index >= 15 is 0 Å². The van der Waals surface area contributed by atoms with E-state index in [0.29, 0.717) is 10.9 Å². The Morgan fingerprint density at radius 3 is 2.54 bits per heavy atom. The molecule has 0 saturated carbocycles. The Kier molecular flexibility index (Phi) is 5.04. The van der Waals surface area contributed by atoms with E-state index in [1.54, 1.807) is 24.3 Å². The maximum atomic E-state index is 12.9. The van der Waals surface area contributed by atoms with Gasteiger partial charge >= 0.3 is 6.18 Å². The number of aromatic nitrogens is 2. The molecule has 0 aliphatic heterocycles. The second-order valence-electron chi connectivity index (χ2n) is 6.20. The third-order valence-electron chi connectivity index (χ3n) is 4.27. The van der Waals surface area contributed by atoms with E-state index in [4.69, 9.17) is 5.73 Å². The maximum absolute atomic E-state index is 12.9. The van der Waals surface area contributed by atoms with Crippen molar-refractivity contribution in [3.63, 3.8) is 0 Å². The van der Waals surface area contributed by atoms with Crippen molar-refractivity contribution >= 4 is 29.0 Å². The van der Waals surface area contributed by atoms with Gasteiger partial charge in [-0.2, -0.15) is 13.2 Å². The van der Waals surface area contributed by atoms with Gasteiger partial charge in [-0.25, -0.2) is 4.98 Å². The molecule has 2 aromatic carbocycles. The predicted molar refractivity (Wildman–Crippen MR) is 100 cm³/mol. The lowest BCUT2D eigenvalue weighted by Gasteiger charge is -2.15. The number of halogens is 3. The second kappa shape index (κ2) is 7.30. The van der Waals surface area contributed by atoms with Gasteiger partial charge in [0.1, 0.15) is 11.9 Å². The summed E-state index contributed by atoms with van der Waals surface area (Å²) in [6, 6.07) is 10.3. The number of hydrogen-bond acceptors (Lipinski definition) is 3. The summed E-state index contributed by atoms with van der Waals surface area (Å²) in [7, 11) is 0. The van der Waals surface area contributed by atoms with E-state index in [1.165, 1.54) is 31.2 Å². The van der Waals surface area contributed by atoms with Gasteiger partial charge in [-0.3, -0.25) is 14.2 Å². The van der Waals surface area contributed by atoms with Crippen LogP contribution in [0.25, 0.3) is 23.1 Å². The Hall–Kier alpha value is -3.42. The molecular formula is C20H16F3N3O2. The molecule has 0 saturated heterocycles. The van der Waals surface area contributed by atoms with E-state index in [0.717, 1.165) is 16.7 Å². The van der Waals surface area contributed by atoms with Crippen LogP contribution in [0.15, 0.2) is 53.3 Å². The van der Waals surface area contributed by atoms with Crippen LogP contribution in [0.1, 0.15) is 29.9 Å². The van der Waals surface area contributed by atoms with Crippen LogP contribution in [0.3, 0.4) is 0 Å². The number of nitrogens with two attached hydrogens (primary N) is 1. The van der Waals surface area contributed by atoms with E-state index in [9.17, 15) is 22.8 Å². The molecule has 1 atom stereocenters. The number of amides is 1. The number of benzene rings is 2. The van der Waals surface area contributed by atoms with Crippen molar-refractivity contribution in [1.82, 2.24) is 9.55 Å². The first-order valence-electron chi connectivity index (χ1n) is 8.34. The third-order valence-corrected chi connectivity index (χ3v) is 4.27. The van der Waals surface area contributed by atoms with Crippen LogP contribution in [0, 0.1) is 0 Å². The largest absolute Gasteiger partial charge is 0.416 e. The van der Waals surface area contributed by atoms with Gasteiger partial charge in [0, 0.05) is 0 Å². The second-order valence-corrected chi connectivity index (χ2v) is 6.20. The molecule has 0 radical (unpaired) electrons. The lowest BCUT2D eigenvalue weighted by molar-refractivity contribution is -0.137. The summed E-state index contributed by atoms with van der Waals surface area (Å²) < 4.78 is 39.8. The van der Waals surface area contributed by atoms with E-state index in [-0.39, 0.29) is 11.4 Å². The molecule has 28 heavy (non-hydrogen) atoms. The molecule has 3 aromatic rings. The Morgan fingerprint density at radius 2 is 1.86 bits per heavy atom. The molecule has 0 bridgehead atoms. The highest BCUT2D eigenvalue weighted by Crippen LogP contribution is 2.29. The fraction of sp³-hybridized carbons (Fsp3) is 0.150. The molecule has 0 spiro atoms. The number of nitrogens with zero attached hydrogens (tertiary/aromatic N) is 2. The average Bonchev–Trinajstić information content (AvgIpc) is 2.65. The Labute approximate surface area is 157 Å². The highest BCUT2D eigenvalue weighted by atomic mass is 19.4. The minimum atomic E-state index is -4.46. The fourth-order valence-electron chi connectivity index (χ4n) is 2.77. The number of hydrogen-bond donors (Lipinski definition) is 1. The van der Waals surface area contributed by atoms with Crippen LogP contribution in [0.5, 0.6) is 0 Å². The Balaban J connectivity index is 2.15. The highest BCUT2D eigenvalue weighted by Gasteiger charge is 2.30. The topological polar surface area (TPSA) is 78.0 Å². The van der Waals surface area contributed by atoms with Crippen molar-refractivity contribution in [2.75, 3.05) is 0 Å². The molecule has 0 fully saturated rings. The number of alkyl halides is 3. The molecule has 144 valence electrons. The van der Waals surface area contributed by atoms with Gasteiger partial charge in [0.05, 0.1) is 16.5 Å². The first-order chi connectivity index (χ1) is 13.2. The number of rotatable bonds is 4. The quantitative estimate of drug-likeness (QED) is 0.743. The zero-order valence-electron chi connectivity index (χ0n) is 14.8. The third kappa shape index (κ3) is 3.80. The van der Waals surface area contributed by atoms with Gasteiger partial charge in [-0.05, 0) is 42.8 Å². The first kappa shape index (κ1) is 19.3. The van der Waals surface area contributed by atoms with Crippen molar-refractivity contribution in [3.8, 4) is 0 Å². The smallest absolute Gasteiger partial charge is 0.368 e. The molecule has 8 heteroatoms. The summed E-state index contributed by atoms with van der Waals surface area (Å²) in [5.74, 6) is -0.611. The van der Waals surface area contributed by atoms with Crippen LogP contribution >= 0.6 is 0 Å². The molecule has 2 N–H and O–H groups in total. The van der Waals surface area contributed by atoms with Crippen LogP contribution in [0.2, 0.25) is 0 Å². The van der Waals surface area contributed by atoms with Crippen molar-refractivity contribution in [2.24, 2.45) is 5.73 Å². The molecule has 1 amide bonds. The first-order valence-corrected chi connectivity index (χ1v) is 8.34. The van der Waals surface area contributed by atoms with Gasteiger partial charge in [0.25, 0.3) is 5.56 Å². The zero-order valence-corrected chi connectivity index (χ0v) is 14.8. The Bertz CT molecular complexity index is 1130. The SMILES string of the molecule is CC(C(N)=O)n1c(/C=C/c2cccc(C(F)(F)F)c2)nc2ccccc2c1=O. The van der Waals surface area contributed by atoms with E-state index < -0.39 is 29.2 Å². The average molecular weight is 387 g/mol. The molecule has 1 unspecified atom stereocenters. The lowest BCUT2D eigenvalue weighted by Crippen LogP contribution is -2.34. The lowest BCUT2D eigenvalue weighted by atomic mass is 10.1. The summed E-state index contributed by atoms with van der Waals surface area (Å²) in [4.78, 5) is 28.9. The highest BCUT2D eigenvalue weighted by molar-refractivity contribution is 5.82. The summed E-state index contributed by atoms with van der Waals surface area (Å²) >= 11 is 0. The van der Waals surface area contributed by atoms with E-state index in [2.05, 4.69) is 4.98 Å². The molecule has 1 heterocycles. The summed E-state index contributed by atoms with van der Waals surface area (Å²) in [6.07, 6.45) is -1.67. The zero-order chi connectivity index (χ0) is 20.5. The number of fused-ring (bicyclic) bond motifs is 1. The molecule has 5 nitrogen and oxygen atoms in total. The van der Waals surface area contributed by atoms with Crippen LogP contribution < -0.4 is 11.3 Å². The normalized spacial score (nSPS) is 13.1. The molecule has 0 aliphatic carbocycles. The molecular weight excluding hydrogens is 371 g/mol. The number of carbonyl (C=O) groups excluding carboxylic acids is 1. The summed E-state index contributed by atoms with van der Waals surface area (Å²) in [5.41, 5.74) is 4.78. The maximum Gasteiger partial charge on any atom is 0.416 e. The summed E-state index contributed by atoms with van der Waals surface area (Å²) in [5, 5.41) is 0.312. The van der Waals surface area contributed by atoms with Gasteiger partial charge in [0.15, 0.2) is 0 Å². The molecule has 3 rings (SSSR count). The van der Waals surface area contributed by atoms with E-state index in [1.807, 2.05) is 0 Å². The van der Waals surface area contributed by atoms with Gasteiger partial charge in [-0.1, -0.05) is 30.3 Å². The summed E-state index contributed by atoms with van der Waals surface area (Å²) in [6.45, 7) is 1.46. The number of primary amides is 1. The molecule has 1 aromatic heterocycles. The van der Waals surface area contributed by atoms with Crippen LogP contribution in [-0.4, -0.2) is 15.5 Å². The van der Waals surface area contributed by atoms with Gasteiger partial charge in [0.2, 0.25) is 5.91 Å². The van der Waals surface area contributed by atoms with Crippen molar-refractivity contribution in [2.45, 2.75) is 19.1 Å². The van der Waals surface area contributed by atoms with Gasteiger partial charge < -0.3 is 5.73 Å². The van der Waals surface area contributed by atoms with Crippen molar-refractivity contribution in [1.29, 1.82) is 0 Å². The standard InChI is InChI=1S/C20H16F3N3O2/c1-12(18(24)27)26-17(25-16-8-3-2-7-15(16)19(26)28)10-9-13-5-4-6-14(11-13)20(21,22)23/h2-12H,1H3,(H2,24,27)/b10-9+. The number of para-hydroxylation sites is 1. The number of carbonyl (C=O) groups is 1. The Morgan fingerprint density at radius 1 is 1.14 bits per heavy atom. The fourth-order valence-corrected chi connectivity index (χ4v) is 2.77. The minimum Gasteiger partial charge on any atom is -0.368 e. The predicted octanol–water partition coefficient (Wildman–Crippen LogP) is 3.63. The van der Waals surface area contributed by atoms with Crippen molar-refractivity contribution < 1.29 is 18.0 Å². The van der Waals surface area contributed by atoms with Crippen molar-refractivity contribution in [3.05, 3.63) is 75.8 Å². The van der Waals surface area contributed by atoms with Crippen LogP contribution in [0.4, 0.5) is 13.2 Å². The minimum absolute atomic E-state index is 0.118. The molecule has 0 aliphatic rings. The van der Waals surface area contributed by atoms with Gasteiger partial charge in [-0.15, -0.1) is 0 Å².